The molecule has 0 aromatic carbocycles. The largest absolute Gasteiger partial charge is 0.391 e. The summed E-state index contributed by atoms with van der Waals surface area (Å²) in [5, 5.41) is 2.88. The molecule has 0 unspecified atom stereocenters. The van der Waals surface area contributed by atoms with Gasteiger partial charge in [-0.1, -0.05) is 0 Å². The van der Waals surface area contributed by atoms with Crippen molar-refractivity contribution in [3.05, 3.63) is 12.4 Å². The first-order valence-electron chi connectivity index (χ1n) is 5.82. The number of nitrogens with one attached hydrogen (secondary N) is 1. The lowest BCUT2D eigenvalue weighted by atomic mass is 9.96. The van der Waals surface area contributed by atoms with Crippen molar-refractivity contribution < 1.29 is 13.2 Å². The third-order valence-electron chi connectivity index (χ3n) is 3.19. The number of piperidine rings is 1. The molecule has 1 saturated heterocycles. The molecule has 100 valence electrons. The molecular formula is C11H15F3N4. The van der Waals surface area contributed by atoms with Crippen molar-refractivity contribution in [1.29, 1.82) is 0 Å². The van der Waals surface area contributed by atoms with E-state index in [1.807, 2.05) is 4.90 Å². The highest BCUT2D eigenvalue weighted by atomic mass is 19.4. The molecule has 4 nitrogen and oxygen atoms in total. The Bertz CT molecular complexity index is 400. The molecule has 1 N–H and O–H groups in total. The molecule has 0 spiro atoms. The smallest absolute Gasteiger partial charge is 0.373 e. The lowest BCUT2D eigenvalue weighted by molar-refractivity contribution is -0.179. The van der Waals surface area contributed by atoms with Crippen LogP contribution in [0.2, 0.25) is 0 Å². The lowest BCUT2D eigenvalue weighted by Crippen LogP contribution is -2.39. The normalized spacial score (nSPS) is 17.9. The maximum Gasteiger partial charge on any atom is 0.391 e. The van der Waals surface area contributed by atoms with E-state index in [9.17, 15) is 13.2 Å². The predicted octanol–water partition coefficient (Wildman–Crippen LogP) is 2.30. The molecule has 0 amide bonds. The summed E-state index contributed by atoms with van der Waals surface area (Å²) in [5.74, 6) is 0.160. The van der Waals surface area contributed by atoms with Crippen molar-refractivity contribution in [2.24, 2.45) is 5.92 Å². The van der Waals surface area contributed by atoms with Gasteiger partial charge >= 0.3 is 6.18 Å². The van der Waals surface area contributed by atoms with E-state index < -0.39 is 12.1 Å². The van der Waals surface area contributed by atoms with Crippen LogP contribution in [0.4, 0.5) is 24.8 Å². The van der Waals surface area contributed by atoms with Crippen LogP contribution in [0.5, 0.6) is 0 Å². The first-order chi connectivity index (χ1) is 8.50. The van der Waals surface area contributed by atoms with Gasteiger partial charge in [-0.2, -0.15) is 13.2 Å². The third-order valence-corrected chi connectivity index (χ3v) is 3.19. The van der Waals surface area contributed by atoms with Crippen LogP contribution in [0.15, 0.2) is 12.4 Å². The highest BCUT2D eigenvalue weighted by Crippen LogP contribution is 2.35. The van der Waals surface area contributed by atoms with Crippen molar-refractivity contribution in [3.8, 4) is 0 Å². The van der Waals surface area contributed by atoms with Crippen LogP contribution in [0.25, 0.3) is 0 Å². The molecule has 1 aromatic heterocycles. The van der Waals surface area contributed by atoms with Gasteiger partial charge in [0.2, 0.25) is 0 Å². The minimum absolute atomic E-state index is 0.127. The Hall–Kier alpha value is -1.53. The molecule has 1 aromatic rings. The highest BCUT2D eigenvalue weighted by molar-refractivity contribution is 5.48. The fourth-order valence-corrected chi connectivity index (χ4v) is 2.09. The van der Waals surface area contributed by atoms with E-state index in [2.05, 4.69) is 15.3 Å². The van der Waals surface area contributed by atoms with Crippen molar-refractivity contribution >= 4 is 11.6 Å². The molecule has 1 aliphatic rings. The average Bonchev–Trinajstić information content (AvgIpc) is 2.38. The van der Waals surface area contributed by atoms with Crippen LogP contribution in [0.3, 0.4) is 0 Å². The molecule has 2 heterocycles. The SMILES string of the molecule is CNc1cc(N2CCC(C(F)(F)F)CC2)ncn1. The Morgan fingerprint density at radius 1 is 1.28 bits per heavy atom. The number of rotatable bonds is 2. The molecule has 0 saturated carbocycles. The molecule has 0 bridgehead atoms. The quantitative estimate of drug-likeness (QED) is 0.885. The van der Waals surface area contributed by atoms with Gasteiger partial charge in [0, 0.05) is 26.2 Å². The zero-order chi connectivity index (χ0) is 13.2. The van der Waals surface area contributed by atoms with Gasteiger partial charge in [0.05, 0.1) is 5.92 Å². The molecule has 0 aliphatic carbocycles. The van der Waals surface area contributed by atoms with Crippen LogP contribution in [-0.4, -0.2) is 36.3 Å². The Morgan fingerprint density at radius 3 is 2.50 bits per heavy atom. The number of alkyl halides is 3. The zero-order valence-corrected chi connectivity index (χ0v) is 10.0. The topological polar surface area (TPSA) is 41.0 Å². The van der Waals surface area contributed by atoms with E-state index >= 15 is 0 Å². The summed E-state index contributed by atoms with van der Waals surface area (Å²) in [6, 6.07) is 1.74. The Morgan fingerprint density at radius 2 is 1.94 bits per heavy atom. The van der Waals surface area contributed by atoms with Gasteiger partial charge in [0.25, 0.3) is 0 Å². The van der Waals surface area contributed by atoms with Gasteiger partial charge < -0.3 is 10.2 Å². The average molecular weight is 260 g/mol. The zero-order valence-electron chi connectivity index (χ0n) is 10.0. The third kappa shape index (κ3) is 2.83. The van der Waals surface area contributed by atoms with Gasteiger partial charge in [-0.3, -0.25) is 0 Å². The second-order valence-corrected chi connectivity index (χ2v) is 4.31. The number of aromatic nitrogens is 2. The first kappa shape index (κ1) is 12.9. The number of halogens is 3. The van der Waals surface area contributed by atoms with Gasteiger partial charge in [0.15, 0.2) is 0 Å². The fourth-order valence-electron chi connectivity index (χ4n) is 2.09. The Balaban J connectivity index is 2.01. The molecule has 0 radical (unpaired) electrons. The van der Waals surface area contributed by atoms with E-state index in [1.165, 1.54) is 6.33 Å². The monoisotopic (exact) mass is 260 g/mol. The summed E-state index contributed by atoms with van der Waals surface area (Å²) in [4.78, 5) is 9.94. The summed E-state index contributed by atoms with van der Waals surface area (Å²) in [6.07, 6.45) is -2.41. The molecule has 1 fully saturated rings. The van der Waals surface area contributed by atoms with Gasteiger partial charge in [0.1, 0.15) is 18.0 Å². The van der Waals surface area contributed by atoms with Gasteiger partial charge in [-0.15, -0.1) is 0 Å². The van der Waals surface area contributed by atoms with Crippen molar-refractivity contribution in [2.45, 2.75) is 19.0 Å². The van der Waals surface area contributed by atoms with Crippen LogP contribution in [-0.2, 0) is 0 Å². The minimum Gasteiger partial charge on any atom is -0.373 e. The van der Waals surface area contributed by atoms with E-state index in [4.69, 9.17) is 0 Å². The van der Waals surface area contributed by atoms with E-state index in [0.717, 1.165) is 0 Å². The van der Waals surface area contributed by atoms with Crippen LogP contribution >= 0.6 is 0 Å². The standard InChI is InChI=1S/C11H15F3N4/c1-15-9-6-10(17-7-16-9)18-4-2-8(3-5-18)11(12,13)14/h6-8H,2-5H2,1H3,(H,15,16,17). The van der Waals surface area contributed by atoms with E-state index in [-0.39, 0.29) is 12.8 Å². The highest BCUT2D eigenvalue weighted by Gasteiger charge is 2.41. The molecule has 2 rings (SSSR count). The first-order valence-corrected chi connectivity index (χ1v) is 5.82. The molecule has 7 heteroatoms. The van der Waals surface area contributed by atoms with Crippen LogP contribution in [0.1, 0.15) is 12.8 Å². The van der Waals surface area contributed by atoms with Crippen molar-refractivity contribution in [1.82, 2.24) is 9.97 Å². The predicted molar refractivity (Wildman–Crippen MR) is 62.6 cm³/mol. The summed E-state index contributed by atoms with van der Waals surface area (Å²) in [5.41, 5.74) is 0. The second kappa shape index (κ2) is 4.99. The summed E-state index contributed by atoms with van der Waals surface area (Å²) >= 11 is 0. The maximum atomic E-state index is 12.5. The van der Waals surface area contributed by atoms with E-state index in [0.29, 0.717) is 24.7 Å². The second-order valence-electron chi connectivity index (χ2n) is 4.31. The van der Waals surface area contributed by atoms with Gasteiger partial charge in [-0.05, 0) is 12.8 Å². The van der Waals surface area contributed by atoms with Crippen molar-refractivity contribution in [3.63, 3.8) is 0 Å². The number of anilines is 2. The summed E-state index contributed by atoms with van der Waals surface area (Å²) in [7, 11) is 1.74. The summed E-state index contributed by atoms with van der Waals surface area (Å²) in [6.45, 7) is 0.759. The van der Waals surface area contributed by atoms with E-state index in [1.54, 1.807) is 13.1 Å². The molecule has 1 aliphatic heterocycles. The maximum absolute atomic E-state index is 12.5. The Labute approximate surface area is 103 Å². The fraction of sp³-hybridized carbons (Fsp3) is 0.636. The minimum atomic E-state index is -4.08. The van der Waals surface area contributed by atoms with Crippen LogP contribution in [0, 0.1) is 5.92 Å². The van der Waals surface area contributed by atoms with Crippen molar-refractivity contribution in [2.75, 3.05) is 30.4 Å². The molecule has 0 atom stereocenters. The summed E-state index contributed by atoms with van der Waals surface area (Å²) < 4.78 is 37.6. The van der Waals surface area contributed by atoms with Gasteiger partial charge in [-0.25, -0.2) is 9.97 Å². The Kier molecular flexibility index (Phi) is 3.58. The van der Waals surface area contributed by atoms with Crippen LogP contribution < -0.4 is 10.2 Å². The number of hydrogen-bond donors (Lipinski definition) is 1. The number of hydrogen-bond acceptors (Lipinski definition) is 4. The molecule has 18 heavy (non-hydrogen) atoms. The number of nitrogens with zero attached hydrogens (tertiary/aromatic N) is 3. The lowest BCUT2D eigenvalue weighted by Gasteiger charge is -2.33. The molecular weight excluding hydrogens is 245 g/mol.